The number of ether oxygens (including phenoxy) is 1. The van der Waals surface area contributed by atoms with Crippen molar-refractivity contribution in [3.8, 4) is 17.0 Å². The molecule has 2 aromatic carbocycles. The number of hydrogen-bond donors (Lipinski definition) is 2. The minimum absolute atomic E-state index is 0.0352. The summed E-state index contributed by atoms with van der Waals surface area (Å²) in [5.74, 6) is -2.92. The topological polar surface area (TPSA) is 113 Å². The first kappa shape index (κ1) is 24.1. The maximum Gasteiger partial charge on any atom is 0.407 e. The molecule has 0 unspecified atom stereocenters. The SMILES string of the molecule is O=C(O)[C@@H]1[C@@H](c2ccc(OCc3cc(-c4c(F)ccc(F)c4Cl)no3)cc2)C[C@@H]2CC[C@H]1N2C(=O)O. The molecule has 0 spiro atoms. The zero-order chi connectivity index (χ0) is 25.6. The van der Waals surface area contributed by atoms with Gasteiger partial charge < -0.3 is 24.4 Å². The molecule has 188 valence electrons. The average Bonchev–Trinajstić information content (AvgIpc) is 3.43. The summed E-state index contributed by atoms with van der Waals surface area (Å²) in [6.07, 6.45) is 0.562. The van der Waals surface area contributed by atoms with Crippen LogP contribution in [0.2, 0.25) is 5.02 Å². The molecule has 5 rings (SSSR count). The van der Waals surface area contributed by atoms with E-state index in [4.69, 9.17) is 20.9 Å². The van der Waals surface area contributed by atoms with Gasteiger partial charge in [-0.2, -0.15) is 0 Å². The maximum atomic E-state index is 14.1. The third-order valence-corrected chi connectivity index (χ3v) is 7.34. The number of aliphatic carboxylic acids is 1. The van der Waals surface area contributed by atoms with Crippen LogP contribution in [0.3, 0.4) is 0 Å². The number of piperidine rings is 1. The Labute approximate surface area is 209 Å². The van der Waals surface area contributed by atoms with E-state index in [0.29, 0.717) is 25.0 Å². The summed E-state index contributed by atoms with van der Waals surface area (Å²) in [4.78, 5) is 25.0. The predicted octanol–water partition coefficient (Wildman–Crippen LogP) is 5.55. The lowest BCUT2D eigenvalue weighted by molar-refractivity contribution is -0.146. The Kier molecular flexibility index (Phi) is 6.29. The number of fused-ring (bicyclic) bond motifs is 2. The van der Waals surface area contributed by atoms with Gasteiger partial charge in [0, 0.05) is 24.1 Å². The van der Waals surface area contributed by atoms with Crippen LogP contribution in [-0.4, -0.2) is 44.4 Å². The van der Waals surface area contributed by atoms with Crippen LogP contribution in [0.4, 0.5) is 13.6 Å². The minimum atomic E-state index is -1.08. The molecule has 2 aliphatic heterocycles. The fourth-order valence-corrected chi connectivity index (χ4v) is 5.66. The first-order valence-electron chi connectivity index (χ1n) is 11.3. The van der Waals surface area contributed by atoms with Crippen molar-refractivity contribution in [1.82, 2.24) is 10.1 Å². The highest BCUT2D eigenvalue weighted by molar-refractivity contribution is 6.33. The van der Waals surface area contributed by atoms with E-state index in [2.05, 4.69) is 5.16 Å². The molecule has 0 saturated carbocycles. The second kappa shape index (κ2) is 9.42. The molecule has 3 aromatic rings. The van der Waals surface area contributed by atoms with E-state index in [9.17, 15) is 28.6 Å². The fourth-order valence-electron chi connectivity index (χ4n) is 5.41. The van der Waals surface area contributed by atoms with E-state index in [1.165, 1.54) is 11.0 Å². The van der Waals surface area contributed by atoms with Crippen LogP contribution in [0.15, 0.2) is 47.0 Å². The van der Waals surface area contributed by atoms with Crippen molar-refractivity contribution in [1.29, 1.82) is 0 Å². The Hall–Kier alpha value is -3.66. The van der Waals surface area contributed by atoms with Gasteiger partial charge in [0.1, 0.15) is 29.7 Å². The number of rotatable bonds is 6. The molecule has 36 heavy (non-hydrogen) atoms. The lowest BCUT2D eigenvalue weighted by Crippen LogP contribution is -2.52. The minimum Gasteiger partial charge on any atom is -0.486 e. The van der Waals surface area contributed by atoms with Crippen molar-refractivity contribution >= 4 is 23.7 Å². The summed E-state index contributed by atoms with van der Waals surface area (Å²) < 4.78 is 38.7. The van der Waals surface area contributed by atoms with Crippen LogP contribution in [0, 0.1) is 17.6 Å². The number of hydrogen-bond acceptors (Lipinski definition) is 5. The van der Waals surface area contributed by atoms with Gasteiger partial charge in [-0.3, -0.25) is 4.79 Å². The van der Waals surface area contributed by atoms with Crippen molar-refractivity contribution in [2.45, 2.75) is 43.9 Å². The average molecular weight is 519 g/mol. The smallest absolute Gasteiger partial charge is 0.407 e. The normalized spacial score (nSPS) is 23.0. The number of nitrogens with zero attached hydrogens (tertiary/aromatic N) is 2. The van der Waals surface area contributed by atoms with Crippen molar-refractivity contribution in [2.75, 3.05) is 0 Å². The number of aromatic nitrogens is 1. The van der Waals surface area contributed by atoms with Crippen LogP contribution in [0.1, 0.15) is 36.5 Å². The van der Waals surface area contributed by atoms with Crippen molar-refractivity contribution in [3.63, 3.8) is 0 Å². The van der Waals surface area contributed by atoms with Crippen molar-refractivity contribution < 1.29 is 37.8 Å². The number of carbonyl (C=O) groups is 2. The van der Waals surface area contributed by atoms with E-state index in [-0.39, 0.29) is 35.6 Å². The largest absolute Gasteiger partial charge is 0.486 e. The quantitative estimate of drug-likeness (QED) is 0.411. The van der Waals surface area contributed by atoms with Gasteiger partial charge in [0.15, 0.2) is 5.76 Å². The lowest BCUT2D eigenvalue weighted by Gasteiger charge is -2.41. The van der Waals surface area contributed by atoms with Gasteiger partial charge in [0.2, 0.25) is 0 Å². The molecule has 1 amide bonds. The summed E-state index contributed by atoms with van der Waals surface area (Å²) in [5.41, 5.74) is 0.634. The van der Waals surface area contributed by atoms with E-state index in [1.807, 2.05) is 0 Å². The Morgan fingerprint density at radius 1 is 1.11 bits per heavy atom. The van der Waals surface area contributed by atoms with Gasteiger partial charge in [0.05, 0.1) is 16.5 Å². The first-order chi connectivity index (χ1) is 17.2. The van der Waals surface area contributed by atoms with Gasteiger partial charge in [-0.1, -0.05) is 28.9 Å². The van der Waals surface area contributed by atoms with Crippen LogP contribution in [0.5, 0.6) is 5.75 Å². The molecule has 2 aliphatic rings. The van der Waals surface area contributed by atoms with Gasteiger partial charge in [0.25, 0.3) is 0 Å². The second-order valence-corrected chi connectivity index (χ2v) is 9.33. The first-order valence-corrected chi connectivity index (χ1v) is 11.7. The summed E-state index contributed by atoms with van der Waals surface area (Å²) >= 11 is 5.87. The highest BCUT2D eigenvalue weighted by atomic mass is 35.5. The molecule has 3 heterocycles. The monoisotopic (exact) mass is 518 g/mol. The van der Waals surface area contributed by atoms with Gasteiger partial charge in [-0.25, -0.2) is 13.6 Å². The van der Waals surface area contributed by atoms with Crippen LogP contribution >= 0.6 is 11.6 Å². The highest BCUT2D eigenvalue weighted by Crippen LogP contribution is 2.47. The molecule has 4 atom stereocenters. The molecule has 2 fully saturated rings. The number of carboxylic acid groups (broad SMARTS) is 2. The molecule has 1 aromatic heterocycles. The molecule has 2 N–H and O–H groups in total. The summed E-state index contributed by atoms with van der Waals surface area (Å²) in [6, 6.07) is 9.49. The van der Waals surface area contributed by atoms with E-state index in [0.717, 1.165) is 17.7 Å². The Bertz CT molecular complexity index is 1310. The molecule has 11 heteroatoms. The van der Waals surface area contributed by atoms with Crippen molar-refractivity contribution in [3.05, 3.63) is 70.4 Å². The lowest BCUT2D eigenvalue weighted by atomic mass is 9.76. The summed E-state index contributed by atoms with van der Waals surface area (Å²) in [7, 11) is 0. The van der Waals surface area contributed by atoms with E-state index >= 15 is 0 Å². The van der Waals surface area contributed by atoms with Gasteiger partial charge in [-0.15, -0.1) is 0 Å². The molecule has 0 radical (unpaired) electrons. The maximum absolute atomic E-state index is 14.1. The van der Waals surface area contributed by atoms with Crippen molar-refractivity contribution in [2.24, 2.45) is 5.92 Å². The molecule has 2 saturated heterocycles. The number of amides is 1. The molecular formula is C25H21ClF2N2O6. The summed E-state index contributed by atoms with van der Waals surface area (Å²) in [6.45, 7) is -0.0419. The zero-order valence-electron chi connectivity index (χ0n) is 18.7. The second-order valence-electron chi connectivity index (χ2n) is 8.95. The highest BCUT2D eigenvalue weighted by Gasteiger charge is 2.52. The molecule has 2 bridgehead atoms. The molecule has 8 nitrogen and oxygen atoms in total. The molecule has 0 aliphatic carbocycles. The summed E-state index contributed by atoms with van der Waals surface area (Å²) in [5, 5.41) is 22.8. The standard InChI is InChI=1S/C25H21ClF2N2O6/c26-23-18(28)7-6-17(27)22(23)19-10-15(36-29-19)11-35-14-4-1-12(2-5-14)16-9-13-3-8-20(21(16)24(31)32)30(13)25(33)34/h1-2,4-7,10,13,16,20-21H,3,8-9,11H2,(H,31,32)(H,33,34)/t13-,16+,20+,21+/m0/s1. The van der Waals surface area contributed by atoms with Crippen LogP contribution < -0.4 is 4.74 Å². The predicted molar refractivity (Wildman–Crippen MR) is 123 cm³/mol. The number of halogens is 3. The van der Waals surface area contributed by atoms with E-state index in [1.54, 1.807) is 24.3 Å². The Morgan fingerprint density at radius 3 is 2.53 bits per heavy atom. The number of carboxylic acids is 1. The third kappa shape index (κ3) is 4.26. The van der Waals surface area contributed by atoms with Crippen LogP contribution in [0.25, 0.3) is 11.3 Å². The molecular weight excluding hydrogens is 498 g/mol. The number of benzene rings is 2. The van der Waals surface area contributed by atoms with Gasteiger partial charge >= 0.3 is 12.1 Å². The third-order valence-electron chi connectivity index (χ3n) is 6.97. The van der Waals surface area contributed by atoms with E-state index < -0.39 is 40.7 Å². The van der Waals surface area contributed by atoms with Crippen LogP contribution in [-0.2, 0) is 11.4 Å². The zero-order valence-corrected chi connectivity index (χ0v) is 19.5. The van der Waals surface area contributed by atoms with Gasteiger partial charge in [-0.05, 0) is 49.1 Å². The fraction of sp³-hybridized carbons (Fsp3) is 0.320. The Balaban J connectivity index is 1.28. The Morgan fingerprint density at radius 2 is 1.83 bits per heavy atom.